The van der Waals surface area contributed by atoms with E-state index in [0.29, 0.717) is 18.0 Å². The van der Waals surface area contributed by atoms with Crippen molar-refractivity contribution in [3.05, 3.63) is 29.2 Å². The van der Waals surface area contributed by atoms with Gasteiger partial charge in [0, 0.05) is 11.9 Å². The van der Waals surface area contributed by atoms with Gasteiger partial charge in [0.1, 0.15) is 4.21 Å². The number of nitrogens with one attached hydrogen (secondary N) is 1. The van der Waals surface area contributed by atoms with Gasteiger partial charge in [-0.3, -0.25) is 4.79 Å². The van der Waals surface area contributed by atoms with Crippen LogP contribution < -0.4 is 10.5 Å². The highest BCUT2D eigenvalue weighted by Gasteiger charge is 2.16. The summed E-state index contributed by atoms with van der Waals surface area (Å²) < 4.78 is 22.3. The Bertz CT molecular complexity index is 590. The predicted molar refractivity (Wildman–Crippen MR) is 74.5 cm³/mol. The molecule has 19 heavy (non-hydrogen) atoms. The summed E-state index contributed by atoms with van der Waals surface area (Å²) in [5.41, 5.74) is 0.348. The van der Waals surface area contributed by atoms with Gasteiger partial charge in [-0.05, 0) is 31.2 Å². The molecule has 2 rings (SSSR count). The summed E-state index contributed by atoms with van der Waals surface area (Å²) in [6.07, 6.45) is 7.38. The zero-order valence-electron chi connectivity index (χ0n) is 10.3. The highest BCUT2D eigenvalue weighted by molar-refractivity contribution is 7.91. The fraction of sp³-hybridized carbons (Fsp3) is 0.417. The number of carbonyl (C=O) groups excluding carboxylic acids is 1. The number of hydrogen-bond acceptors (Lipinski definition) is 4. The molecule has 0 saturated carbocycles. The molecule has 5 nitrogen and oxygen atoms in total. The molecule has 1 aliphatic rings. The molecule has 0 aliphatic heterocycles. The van der Waals surface area contributed by atoms with E-state index >= 15 is 0 Å². The van der Waals surface area contributed by atoms with Crippen LogP contribution in [0.1, 0.15) is 29.6 Å². The third-order valence-corrected chi connectivity index (χ3v) is 5.43. The van der Waals surface area contributed by atoms with Crippen LogP contribution >= 0.6 is 11.3 Å². The lowest BCUT2D eigenvalue weighted by molar-refractivity contribution is 0.0946. The van der Waals surface area contributed by atoms with Gasteiger partial charge in [-0.2, -0.15) is 0 Å². The van der Waals surface area contributed by atoms with E-state index in [1.807, 2.05) is 0 Å². The van der Waals surface area contributed by atoms with Gasteiger partial charge < -0.3 is 5.32 Å². The standard InChI is InChI=1S/C12H16N2O3S2/c13-19(16,17)11-6-10(8-18-11)12(15)14-7-9-4-2-1-3-5-9/h1-2,6,8-9H,3-5,7H2,(H,14,15)(H2,13,16,17). The molecule has 1 amide bonds. The van der Waals surface area contributed by atoms with Gasteiger partial charge in [0.05, 0.1) is 5.56 Å². The van der Waals surface area contributed by atoms with E-state index in [1.165, 1.54) is 11.4 Å². The van der Waals surface area contributed by atoms with Crippen LogP contribution in [0.5, 0.6) is 0 Å². The van der Waals surface area contributed by atoms with Crippen molar-refractivity contribution >= 4 is 27.3 Å². The molecular weight excluding hydrogens is 284 g/mol. The van der Waals surface area contributed by atoms with Gasteiger partial charge in [0.2, 0.25) is 10.0 Å². The zero-order chi connectivity index (χ0) is 13.9. The quantitative estimate of drug-likeness (QED) is 0.825. The maximum Gasteiger partial charge on any atom is 0.252 e. The highest BCUT2D eigenvalue weighted by Crippen LogP contribution is 2.20. The number of primary sulfonamides is 1. The second kappa shape index (κ2) is 5.85. The number of nitrogens with two attached hydrogens (primary N) is 1. The topological polar surface area (TPSA) is 89.3 Å². The minimum Gasteiger partial charge on any atom is -0.352 e. The van der Waals surface area contributed by atoms with E-state index in [0.717, 1.165) is 30.6 Å². The largest absolute Gasteiger partial charge is 0.352 e. The summed E-state index contributed by atoms with van der Waals surface area (Å²) in [4.78, 5) is 11.9. The fourth-order valence-electron chi connectivity index (χ4n) is 1.97. The zero-order valence-corrected chi connectivity index (χ0v) is 12.0. The number of sulfonamides is 1. The lowest BCUT2D eigenvalue weighted by atomic mass is 9.94. The molecule has 104 valence electrons. The molecule has 0 spiro atoms. The van der Waals surface area contributed by atoms with Crippen LogP contribution in [0, 0.1) is 5.92 Å². The van der Waals surface area contributed by atoms with Crippen molar-refractivity contribution in [2.24, 2.45) is 11.1 Å². The maximum atomic E-state index is 11.9. The number of thiophene rings is 1. The van der Waals surface area contributed by atoms with Crippen LogP contribution in [0.4, 0.5) is 0 Å². The Kier molecular flexibility index (Phi) is 4.38. The maximum absolute atomic E-state index is 11.9. The Labute approximate surface area is 116 Å². The van der Waals surface area contributed by atoms with Crippen molar-refractivity contribution in [3.63, 3.8) is 0 Å². The van der Waals surface area contributed by atoms with E-state index in [4.69, 9.17) is 5.14 Å². The Morgan fingerprint density at radius 3 is 2.84 bits per heavy atom. The number of carbonyl (C=O) groups is 1. The summed E-state index contributed by atoms with van der Waals surface area (Å²) in [6, 6.07) is 1.32. The first-order valence-corrected chi connectivity index (χ1v) is 8.44. The molecule has 1 atom stereocenters. The van der Waals surface area contributed by atoms with Gasteiger partial charge >= 0.3 is 0 Å². The summed E-state index contributed by atoms with van der Waals surface area (Å²) in [6.45, 7) is 0.615. The molecule has 0 bridgehead atoms. The van der Waals surface area contributed by atoms with Crippen LogP contribution in [-0.2, 0) is 10.0 Å². The van der Waals surface area contributed by atoms with E-state index < -0.39 is 10.0 Å². The smallest absolute Gasteiger partial charge is 0.252 e. The number of rotatable bonds is 4. The summed E-state index contributed by atoms with van der Waals surface area (Å²) in [7, 11) is -3.72. The average molecular weight is 300 g/mol. The van der Waals surface area contributed by atoms with Crippen molar-refractivity contribution in [2.45, 2.75) is 23.5 Å². The first kappa shape index (κ1) is 14.2. The minimum atomic E-state index is -3.72. The first-order chi connectivity index (χ1) is 8.97. The van der Waals surface area contributed by atoms with E-state index in [-0.39, 0.29) is 10.1 Å². The van der Waals surface area contributed by atoms with E-state index in [9.17, 15) is 13.2 Å². The van der Waals surface area contributed by atoms with Gasteiger partial charge in [-0.1, -0.05) is 12.2 Å². The Morgan fingerprint density at radius 1 is 1.47 bits per heavy atom. The van der Waals surface area contributed by atoms with Gasteiger partial charge in [0.15, 0.2) is 0 Å². The molecule has 1 aromatic heterocycles. The Balaban J connectivity index is 1.93. The normalized spacial score (nSPS) is 19.3. The third-order valence-electron chi connectivity index (χ3n) is 3.05. The SMILES string of the molecule is NS(=O)(=O)c1cc(C(=O)NCC2CC=CCC2)cs1. The Hall–Kier alpha value is -1.18. The number of amides is 1. The number of allylic oxidation sites excluding steroid dienone is 2. The highest BCUT2D eigenvalue weighted by atomic mass is 32.2. The van der Waals surface area contributed by atoms with Crippen molar-refractivity contribution in [2.75, 3.05) is 6.54 Å². The van der Waals surface area contributed by atoms with Crippen LogP contribution in [0.3, 0.4) is 0 Å². The van der Waals surface area contributed by atoms with Crippen molar-refractivity contribution in [3.8, 4) is 0 Å². The number of hydrogen-bond donors (Lipinski definition) is 2. The van der Waals surface area contributed by atoms with Gasteiger partial charge in [-0.15, -0.1) is 11.3 Å². The van der Waals surface area contributed by atoms with E-state index in [1.54, 1.807) is 0 Å². The van der Waals surface area contributed by atoms with Gasteiger partial charge in [-0.25, -0.2) is 13.6 Å². The fourth-order valence-corrected chi connectivity index (χ4v) is 3.55. The van der Waals surface area contributed by atoms with Crippen LogP contribution in [0.2, 0.25) is 0 Å². The molecule has 1 aliphatic carbocycles. The van der Waals surface area contributed by atoms with Crippen molar-refractivity contribution in [1.82, 2.24) is 5.32 Å². The molecule has 0 radical (unpaired) electrons. The lowest BCUT2D eigenvalue weighted by Gasteiger charge is -2.17. The second-order valence-electron chi connectivity index (χ2n) is 4.56. The molecular formula is C12H16N2O3S2. The molecule has 0 aromatic carbocycles. The van der Waals surface area contributed by atoms with E-state index in [2.05, 4.69) is 17.5 Å². The van der Waals surface area contributed by atoms with Crippen LogP contribution in [0.25, 0.3) is 0 Å². The summed E-state index contributed by atoms with van der Waals surface area (Å²) >= 11 is 0.961. The molecule has 0 fully saturated rings. The molecule has 3 N–H and O–H groups in total. The monoisotopic (exact) mass is 300 g/mol. The minimum absolute atomic E-state index is 0.0123. The van der Waals surface area contributed by atoms with Crippen molar-refractivity contribution in [1.29, 1.82) is 0 Å². The molecule has 7 heteroatoms. The van der Waals surface area contributed by atoms with Crippen LogP contribution in [-0.4, -0.2) is 20.9 Å². The second-order valence-corrected chi connectivity index (χ2v) is 7.26. The third kappa shape index (κ3) is 3.89. The molecule has 1 unspecified atom stereocenters. The first-order valence-electron chi connectivity index (χ1n) is 6.01. The summed E-state index contributed by atoms with van der Waals surface area (Å²) in [5, 5.41) is 9.35. The molecule has 1 aromatic rings. The Morgan fingerprint density at radius 2 is 2.26 bits per heavy atom. The average Bonchev–Trinajstić information content (AvgIpc) is 2.87. The molecule has 1 heterocycles. The van der Waals surface area contributed by atoms with Gasteiger partial charge in [0.25, 0.3) is 5.91 Å². The predicted octanol–water partition coefficient (Wildman–Crippen LogP) is 1.48. The van der Waals surface area contributed by atoms with Crippen LogP contribution in [0.15, 0.2) is 27.8 Å². The lowest BCUT2D eigenvalue weighted by Crippen LogP contribution is -2.29. The van der Waals surface area contributed by atoms with Crippen molar-refractivity contribution < 1.29 is 13.2 Å². The molecule has 0 saturated heterocycles. The summed E-state index contributed by atoms with van der Waals surface area (Å²) in [5.74, 6) is 0.214.